The van der Waals surface area contributed by atoms with Crippen molar-refractivity contribution in [2.24, 2.45) is 5.73 Å². The Bertz CT molecular complexity index is 1020. The lowest BCUT2D eigenvalue weighted by Gasteiger charge is -2.31. The van der Waals surface area contributed by atoms with E-state index in [2.05, 4.69) is 9.97 Å². The van der Waals surface area contributed by atoms with E-state index >= 15 is 0 Å². The number of nitrogens with zero attached hydrogens (tertiary/aromatic N) is 2. The summed E-state index contributed by atoms with van der Waals surface area (Å²) in [6.45, 7) is 3.08. The fourth-order valence-corrected chi connectivity index (χ4v) is 3.47. The minimum Gasteiger partial charge on any atom is -0.490 e. The SMILES string of the molecule is CC(=O)N1CCC(Oc2ccc(-c3nc4ccc(C(N)=O)cc4[nH]3)cc2)CC1. The third-order valence-corrected chi connectivity index (χ3v) is 5.08. The molecule has 28 heavy (non-hydrogen) atoms. The number of H-pyrrole nitrogens is 1. The molecule has 4 rings (SSSR count). The molecule has 0 atom stereocenters. The number of aromatic nitrogens is 2. The van der Waals surface area contributed by atoms with Crippen LogP contribution in [0.4, 0.5) is 0 Å². The molecule has 3 aromatic rings. The molecule has 2 aromatic carbocycles. The highest BCUT2D eigenvalue weighted by Crippen LogP contribution is 2.25. The monoisotopic (exact) mass is 378 g/mol. The molecule has 144 valence electrons. The Morgan fingerprint density at radius 1 is 1.14 bits per heavy atom. The van der Waals surface area contributed by atoms with Crippen LogP contribution in [0.3, 0.4) is 0 Å². The van der Waals surface area contributed by atoms with Gasteiger partial charge in [0.05, 0.1) is 11.0 Å². The second-order valence-corrected chi connectivity index (χ2v) is 7.03. The summed E-state index contributed by atoms with van der Waals surface area (Å²) in [5.41, 5.74) is 8.25. The van der Waals surface area contributed by atoms with Gasteiger partial charge in [-0.1, -0.05) is 0 Å². The number of benzene rings is 2. The maximum atomic E-state index is 11.4. The number of aromatic amines is 1. The van der Waals surface area contributed by atoms with Gasteiger partial charge < -0.3 is 20.4 Å². The number of hydrogen-bond donors (Lipinski definition) is 2. The normalized spacial score (nSPS) is 15.0. The number of carbonyl (C=O) groups excluding carboxylic acids is 2. The Morgan fingerprint density at radius 2 is 1.86 bits per heavy atom. The summed E-state index contributed by atoms with van der Waals surface area (Å²) in [6.07, 6.45) is 1.81. The van der Waals surface area contributed by atoms with Crippen LogP contribution in [0.2, 0.25) is 0 Å². The zero-order valence-corrected chi connectivity index (χ0v) is 15.6. The van der Waals surface area contributed by atoms with Crippen molar-refractivity contribution in [3.63, 3.8) is 0 Å². The highest BCUT2D eigenvalue weighted by Gasteiger charge is 2.21. The molecule has 7 nitrogen and oxygen atoms in total. The third kappa shape index (κ3) is 3.69. The summed E-state index contributed by atoms with van der Waals surface area (Å²) in [4.78, 5) is 32.4. The topological polar surface area (TPSA) is 101 Å². The molecule has 2 heterocycles. The number of imidazole rings is 1. The van der Waals surface area contributed by atoms with Crippen molar-refractivity contribution in [1.82, 2.24) is 14.9 Å². The Kier molecular flexibility index (Phi) is 4.73. The summed E-state index contributed by atoms with van der Waals surface area (Å²) in [7, 11) is 0. The molecule has 0 saturated carbocycles. The van der Waals surface area contributed by atoms with E-state index < -0.39 is 5.91 Å². The average molecular weight is 378 g/mol. The van der Waals surface area contributed by atoms with Gasteiger partial charge in [0.15, 0.2) is 0 Å². The molecule has 1 aliphatic heterocycles. The van der Waals surface area contributed by atoms with E-state index in [-0.39, 0.29) is 12.0 Å². The maximum absolute atomic E-state index is 11.4. The first-order chi connectivity index (χ1) is 13.5. The molecule has 7 heteroatoms. The van der Waals surface area contributed by atoms with Gasteiger partial charge in [-0.15, -0.1) is 0 Å². The van der Waals surface area contributed by atoms with Gasteiger partial charge in [0.2, 0.25) is 11.8 Å². The van der Waals surface area contributed by atoms with Gasteiger partial charge >= 0.3 is 0 Å². The Hall–Kier alpha value is -3.35. The molecule has 0 aliphatic carbocycles. The zero-order valence-electron chi connectivity index (χ0n) is 15.6. The summed E-state index contributed by atoms with van der Waals surface area (Å²) < 4.78 is 6.06. The van der Waals surface area contributed by atoms with Crippen molar-refractivity contribution in [3.8, 4) is 17.1 Å². The van der Waals surface area contributed by atoms with Crippen molar-refractivity contribution < 1.29 is 14.3 Å². The number of carbonyl (C=O) groups is 2. The van der Waals surface area contributed by atoms with Crippen LogP contribution in [0.25, 0.3) is 22.4 Å². The molecule has 0 unspecified atom stereocenters. The maximum Gasteiger partial charge on any atom is 0.248 e. The lowest BCUT2D eigenvalue weighted by Crippen LogP contribution is -2.40. The summed E-state index contributed by atoms with van der Waals surface area (Å²) >= 11 is 0. The lowest BCUT2D eigenvalue weighted by molar-refractivity contribution is -0.130. The van der Waals surface area contributed by atoms with Gasteiger partial charge in [-0.3, -0.25) is 9.59 Å². The molecular formula is C21H22N4O3. The van der Waals surface area contributed by atoms with E-state index in [1.165, 1.54) is 0 Å². The Morgan fingerprint density at radius 3 is 2.50 bits per heavy atom. The van der Waals surface area contributed by atoms with Gasteiger partial charge in [0.1, 0.15) is 17.7 Å². The van der Waals surface area contributed by atoms with Crippen LogP contribution in [-0.2, 0) is 4.79 Å². The molecule has 1 aliphatic rings. The standard InChI is InChI=1S/C21H22N4O3/c1-13(26)25-10-8-17(9-11-25)28-16-5-2-14(3-6-16)21-23-18-7-4-15(20(22)27)12-19(18)24-21/h2-7,12,17H,8-11H2,1H3,(H2,22,27)(H,23,24). The minimum atomic E-state index is -0.464. The van der Waals surface area contributed by atoms with Crippen molar-refractivity contribution >= 4 is 22.8 Å². The number of rotatable bonds is 4. The number of fused-ring (bicyclic) bond motifs is 1. The number of nitrogens with two attached hydrogens (primary N) is 1. The first-order valence-corrected chi connectivity index (χ1v) is 9.32. The zero-order chi connectivity index (χ0) is 19.7. The van der Waals surface area contributed by atoms with Gasteiger partial charge in [-0.05, 0) is 42.5 Å². The van der Waals surface area contributed by atoms with Crippen LogP contribution in [0.1, 0.15) is 30.1 Å². The molecule has 2 amide bonds. The second-order valence-electron chi connectivity index (χ2n) is 7.03. The predicted octanol–water partition coefficient (Wildman–Crippen LogP) is 2.72. The number of ether oxygens (including phenoxy) is 1. The van der Waals surface area contributed by atoms with E-state index in [1.54, 1.807) is 25.1 Å². The largest absolute Gasteiger partial charge is 0.490 e. The van der Waals surface area contributed by atoms with Gasteiger partial charge in [-0.25, -0.2) is 4.98 Å². The smallest absolute Gasteiger partial charge is 0.248 e. The Labute approximate surface area is 162 Å². The molecule has 1 saturated heterocycles. The van der Waals surface area contributed by atoms with E-state index in [4.69, 9.17) is 10.5 Å². The highest BCUT2D eigenvalue weighted by atomic mass is 16.5. The first-order valence-electron chi connectivity index (χ1n) is 9.32. The highest BCUT2D eigenvalue weighted by molar-refractivity contribution is 5.96. The van der Waals surface area contributed by atoms with E-state index in [0.717, 1.165) is 54.1 Å². The van der Waals surface area contributed by atoms with Crippen LogP contribution < -0.4 is 10.5 Å². The van der Waals surface area contributed by atoms with Gasteiger partial charge in [-0.2, -0.15) is 0 Å². The molecule has 0 bridgehead atoms. The third-order valence-electron chi connectivity index (χ3n) is 5.08. The number of amides is 2. The predicted molar refractivity (Wildman–Crippen MR) is 106 cm³/mol. The Balaban J connectivity index is 1.45. The molecule has 0 radical (unpaired) electrons. The van der Waals surface area contributed by atoms with E-state index in [1.807, 2.05) is 29.2 Å². The lowest BCUT2D eigenvalue weighted by atomic mass is 10.1. The average Bonchev–Trinajstić information content (AvgIpc) is 3.12. The summed E-state index contributed by atoms with van der Waals surface area (Å²) in [5, 5.41) is 0. The molecule has 0 spiro atoms. The van der Waals surface area contributed by atoms with Crippen molar-refractivity contribution in [1.29, 1.82) is 0 Å². The number of primary amides is 1. The molecule has 3 N–H and O–H groups in total. The molecule has 1 fully saturated rings. The number of likely N-dealkylation sites (tertiary alicyclic amines) is 1. The van der Waals surface area contributed by atoms with E-state index in [9.17, 15) is 9.59 Å². The molecule has 1 aromatic heterocycles. The summed E-state index contributed by atoms with van der Waals surface area (Å²) in [5.74, 6) is 1.18. The van der Waals surface area contributed by atoms with Crippen molar-refractivity contribution in [3.05, 3.63) is 48.0 Å². The van der Waals surface area contributed by atoms with Gasteiger partial charge in [0, 0.05) is 44.0 Å². The fourth-order valence-electron chi connectivity index (χ4n) is 3.47. The minimum absolute atomic E-state index is 0.122. The van der Waals surface area contributed by atoms with Crippen molar-refractivity contribution in [2.45, 2.75) is 25.9 Å². The number of hydrogen-bond acceptors (Lipinski definition) is 4. The molecular weight excluding hydrogens is 356 g/mol. The first kappa shape index (κ1) is 18.0. The summed E-state index contributed by atoms with van der Waals surface area (Å²) in [6, 6.07) is 12.9. The number of nitrogens with one attached hydrogen (secondary N) is 1. The van der Waals surface area contributed by atoms with Crippen LogP contribution >= 0.6 is 0 Å². The van der Waals surface area contributed by atoms with Crippen LogP contribution in [0.5, 0.6) is 5.75 Å². The van der Waals surface area contributed by atoms with E-state index in [0.29, 0.717) is 5.56 Å². The van der Waals surface area contributed by atoms with Crippen LogP contribution in [-0.4, -0.2) is 45.9 Å². The van der Waals surface area contributed by atoms with Crippen molar-refractivity contribution in [2.75, 3.05) is 13.1 Å². The van der Waals surface area contributed by atoms with Crippen LogP contribution in [0.15, 0.2) is 42.5 Å². The number of piperidine rings is 1. The second kappa shape index (κ2) is 7.34. The quantitative estimate of drug-likeness (QED) is 0.729. The van der Waals surface area contributed by atoms with Crippen LogP contribution in [0, 0.1) is 0 Å². The van der Waals surface area contributed by atoms with Gasteiger partial charge in [0.25, 0.3) is 0 Å². The fraction of sp³-hybridized carbons (Fsp3) is 0.286.